The van der Waals surface area contributed by atoms with Crippen LogP contribution in [-0.2, 0) is 11.3 Å². The Hall–Kier alpha value is -2.30. The molecule has 0 atom stereocenters. The Bertz CT molecular complexity index is 493. The number of oxazole rings is 1. The van der Waals surface area contributed by atoms with Crippen LogP contribution in [0.1, 0.15) is 16.4 Å². The average Bonchev–Trinajstić information content (AvgIpc) is 2.85. The standard InChI is InChI=1S/C12H12N2O3/c1-16-12(15)10-8-17-11(14-10)7-13-9-5-3-2-4-6-9/h2-6,8,13H,7H2,1H3. The maximum atomic E-state index is 11.1. The van der Waals surface area contributed by atoms with Crippen LogP contribution in [0.3, 0.4) is 0 Å². The number of aromatic nitrogens is 1. The van der Waals surface area contributed by atoms with Crippen molar-refractivity contribution >= 4 is 11.7 Å². The Labute approximate surface area is 98.4 Å². The third kappa shape index (κ3) is 2.84. The number of benzene rings is 1. The smallest absolute Gasteiger partial charge is 0.360 e. The van der Waals surface area contributed by atoms with Crippen molar-refractivity contribution in [1.82, 2.24) is 4.98 Å². The minimum Gasteiger partial charge on any atom is -0.464 e. The van der Waals surface area contributed by atoms with Gasteiger partial charge in [0.05, 0.1) is 13.7 Å². The van der Waals surface area contributed by atoms with Gasteiger partial charge in [-0.05, 0) is 12.1 Å². The van der Waals surface area contributed by atoms with Gasteiger partial charge in [0.25, 0.3) is 0 Å². The molecule has 0 unspecified atom stereocenters. The number of ether oxygens (including phenoxy) is 1. The first-order valence-corrected chi connectivity index (χ1v) is 5.11. The predicted molar refractivity (Wildman–Crippen MR) is 61.6 cm³/mol. The number of rotatable bonds is 4. The molecule has 0 aliphatic rings. The molecule has 0 aliphatic carbocycles. The zero-order valence-corrected chi connectivity index (χ0v) is 9.34. The number of esters is 1. The Morgan fingerprint density at radius 3 is 2.88 bits per heavy atom. The fourth-order valence-corrected chi connectivity index (χ4v) is 1.32. The van der Waals surface area contributed by atoms with Crippen molar-refractivity contribution in [2.45, 2.75) is 6.54 Å². The van der Waals surface area contributed by atoms with Crippen molar-refractivity contribution in [2.24, 2.45) is 0 Å². The summed E-state index contributed by atoms with van der Waals surface area (Å²) in [6, 6.07) is 9.66. The lowest BCUT2D eigenvalue weighted by atomic mass is 10.3. The molecule has 17 heavy (non-hydrogen) atoms. The topological polar surface area (TPSA) is 64.4 Å². The first-order valence-electron chi connectivity index (χ1n) is 5.11. The molecule has 0 bridgehead atoms. The van der Waals surface area contributed by atoms with Crippen LogP contribution in [0, 0.1) is 0 Å². The Kier molecular flexibility index (Phi) is 3.40. The summed E-state index contributed by atoms with van der Waals surface area (Å²) in [6.07, 6.45) is 1.29. The van der Waals surface area contributed by atoms with Crippen molar-refractivity contribution in [2.75, 3.05) is 12.4 Å². The zero-order valence-electron chi connectivity index (χ0n) is 9.34. The SMILES string of the molecule is COC(=O)c1coc(CNc2ccccc2)n1. The van der Waals surface area contributed by atoms with E-state index in [0.29, 0.717) is 12.4 Å². The fraction of sp³-hybridized carbons (Fsp3) is 0.167. The quantitative estimate of drug-likeness (QED) is 0.817. The van der Waals surface area contributed by atoms with Gasteiger partial charge in [0.1, 0.15) is 6.26 Å². The highest BCUT2D eigenvalue weighted by Gasteiger charge is 2.11. The molecule has 1 heterocycles. The second-order valence-corrected chi connectivity index (χ2v) is 3.34. The van der Waals surface area contributed by atoms with Gasteiger partial charge in [0.15, 0.2) is 5.69 Å². The van der Waals surface area contributed by atoms with Gasteiger partial charge in [0, 0.05) is 5.69 Å². The molecule has 0 fully saturated rings. The van der Waals surface area contributed by atoms with Crippen molar-refractivity contribution in [3.63, 3.8) is 0 Å². The van der Waals surface area contributed by atoms with Gasteiger partial charge in [-0.3, -0.25) is 0 Å². The van der Waals surface area contributed by atoms with Crippen LogP contribution in [0.25, 0.3) is 0 Å². The molecule has 1 N–H and O–H groups in total. The molecule has 88 valence electrons. The van der Waals surface area contributed by atoms with Gasteiger partial charge in [-0.2, -0.15) is 0 Å². The van der Waals surface area contributed by atoms with Gasteiger partial charge in [-0.1, -0.05) is 18.2 Å². The summed E-state index contributed by atoms with van der Waals surface area (Å²) in [7, 11) is 1.30. The van der Waals surface area contributed by atoms with E-state index >= 15 is 0 Å². The molecular formula is C12H12N2O3. The molecule has 0 saturated carbocycles. The van der Waals surface area contributed by atoms with Crippen LogP contribution in [0.5, 0.6) is 0 Å². The monoisotopic (exact) mass is 232 g/mol. The van der Waals surface area contributed by atoms with Gasteiger partial charge in [0.2, 0.25) is 5.89 Å². The summed E-state index contributed by atoms with van der Waals surface area (Å²) >= 11 is 0. The van der Waals surface area contributed by atoms with Crippen LogP contribution in [0.4, 0.5) is 5.69 Å². The van der Waals surface area contributed by atoms with E-state index in [-0.39, 0.29) is 5.69 Å². The summed E-state index contributed by atoms with van der Waals surface area (Å²) < 4.78 is 9.67. The Morgan fingerprint density at radius 1 is 1.41 bits per heavy atom. The molecule has 2 aromatic rings. The average molecular weight is 232 g/mol. The van der Waals surface area contributed by atoms with Gasteiger partial charge < -0.3 is 14.5 Å². The molecule has 0 aliphatic heterocycles. The third-order valence-electron chi connectivity index (χ3n) is 2.16. The fourth-order valence-electron chi connectivity index (χ4n) is 1.32. The third-order valence-corrected chi connectivity index (χ3v) is 2.16. The number of anilines is 1. The number of methoxy groups -OCH3 is 1. The largest absolute Gasteiger partial charge is 0.464 e. The van der Waals surface area contributed by atoms with E-state index in [4.69, 9.17) is 4.42 Å². The first kappa shape index (κ1) is 11.2. The number of hydrogen-bond acceptors (Lipinski definition) is 5. The van der Waals surface area contributed by atoms with E-state index < -0.39 is 5.97 Å². The molecule has 5 heteroatoms. The summed E-state index contributed by atoms with van der Waals surface area (Å²) in [5, 5.41) is 3.12. The number of nitrogens with one attached hydrogen (secondary N) is 1. The second-order valence-electron chi connectivity index (χ2n) is 3.34. The Balaban J connectivity index is 1.96. The number of carbonyl (C=O) groups is 1. The minimum atomic E-state index is -0.500. The van der Waals surface area contributed by atoms with E-state index in [1.54, 1.807) is 0 Å². The highest BCUT2D eigenvalue weighted by molar-refractivity contribution is 5.86. The lowest BCUT2D eigenvalue weighted by molar-refractivity contribution is 0.0594. The minimum absolute atomic E-state index is 0.178. The highest BCUT2D eigenvalue weighted by atomic mass is 16.5. The van der Waals surface area contributed by atoms with E-state index in [1.807, 2.05) is 30.3 Å². The van der Waals surface area contributed by atoms with Crippen LogP contribution >= 0.6 is 0 Å². The normalized spacial score (nSPS) is 9.94. The van der Waals surface area contributed by atoms with Crippen molar-refractivity contribution in [3.05, 3.63) is 48.2 Å². The van der Waals surface area contributed by atoms with Crippen molar-refractivity contribution in [1.29, 1.82) is 0 Å². The molecule has 1 aromatic heterocycles. The van der Waals surface area contributed by atoms with E-state index in [1.165, 1.54) is 13.4 Å². The van der Waals surface area contributed by atoms with E-state index in [0.717, 1.165) is 5.69 Å². The maximum absolute atomic E-state index is 11.1. The van der Waals surface area contributed by atoms with Crippen LogP contribution in [0.15, 0.2) is 41.0 Å². The first-order chi connectivity index (χ1) is 8.29. The maximum Gasteiger partial charge on any atom is 0.360 e. The molecule has 0 spiro atoms. The number of carbonyl (C=O) groups excluding carboxylic acids is 1. The summed E-state index contributed by atoms with van der Waals surface area (Å²) in [6.45, 7) is 0.418. The van der Waals surface area contributed by atoms with Crippen molar-refractivity contribution < 1.29 is 13.9 Å². The Morgan fingerprint density at radius 2 is 2.18 bits per heavy atom. The summed E-state index contributed by atoms with van der Waals surface area (Å²) in [5.74, 6) is -0.0611. The lowest BCUT2D eigenvalue weighted by Gasteiger charge is -2.01. The molecule has 1 aromatic carbocycles. The second kappa shape index (κ2) is 5.16. The molecular weight excluding hydrogens is 220 g/mol. The number of nitrogens with zero attached hydrogens (tertiary/aromatic N) is 1. The molecule has 0 saturated heterocycles. The number of para-hydroxylation sites is 1. The van der Waals surface area contributed by atoms with E-state index in [9.17, 15) is 4.79 Å². The number of hydrogen-bond donors (Lipinski definition) is 1. The zero-order chi connectivity index (χ0) is 12.1. The van der Waals surface area contributed by atoms with Crippen LogP contribution < -0.4 is 5.32 Å². The van der Waals surface area contributed by atoms with E-state index in [2.05, 4.69) is 15.0 Å². The molecule has 2 rings (SSSR count). The highest BCUT2D eigenvalue weighted by Crippen LogP contribution is 2.09. The molecule has 0 radical (unpaired) electrons. The van der Waals surface area contributed by atoms with Crippen LogP contribution in [0.2, 0.25) is 0 Å². The van der Waals surface area contributed by atoms with Gasteiger partial charge in [-0.15, -0.1) is 0 Å². The molecule has 5 nitrogen and oxygen atoms in total. The van der Waals surface area contributed by atoms with Gasteiger partial charge >= 0.3 is 5.97 Å². The summed E-state index contributed by atoms with van der Waals surface area (Å²) in [5.41, 5.74) is 1.14. The van der Waals surface area contributed by atoms with Gasteiger partial charge in [-0.25, -0.2) is 9.78 Å². The molecule has 0 amide bonds. The predicted octanol–water partition coefficient (Wildman–Crippen LogP) is 2.07. The van der Waals surface area contributed by atoms with Crippen LogP contribution in [-0.4, -0.2) is 18.1 Å². The lowest BCUT2D eigenvalue weighted by Crippen LogP contribution is -2.03. The summed E-state index contributed by atoms with van der Waals surface area (Å²) in [4.78, 5) is 15.1. The van der Waals surface area contributed by atoms with Crippen molar-refractivity contribution in [3.8, 4) is 0 Å².